The molecule has 0 atom stereocenters. The largest absolute Gasteiger partial charge is 0.509 e. The van der Waals surface area contributed by atoms with E-state index in [0.29, 0.717) is 46.6 Å². The summed E-state index contributed by atoms with van der Waals surface area (Å²) in [5.74, 6) is 2.02. The van der Waals surface area contributed by atoms with Gasteiger partial charge in [0, 0.05) is 53.5 Å². The van der Waals surface area contributed by atoms with E-state index in [2.05, 4.69) is 21.4 Å². The van der Waals surface area contributed by atoms with Gasteiger partial charge in [-0.05, 0) is 30.2 Å². The van der Waals surface area contributed by atoms with Crippen LogP contribution in [-0.4, -0.2) is 37.5 Å². The molecule has 36 heavy (non-hydrogen) atoms. The summed E-state index contributed by atoms with van der Waals surface area (Å²) in [5.41, 5.74) is 5.09. The number of hydrogen-bond acceptors (Lipinski definition) is 7. The molecule has 0 aliphatic rings. The number of fused-ring (bicyclic) bond motifs is 1. The number of carbonyl (C=O) groups excluding carboxylic acids is 1. The van der Waals surface area contributed by atoms with Gasteiger partial charge < -0.3 is 14.6 Å². The first kappa shape index (κ1) is 23.3. The van der Waals surface area contributed by atoms with E-state index in [1.807, 2.05) is 49.0 Å². The van der Waals surface area contributed by atoms with Crippen LogP contribution < -0.4 is 10.1 Å². The molecule has 1 N–H and O–H groups in total. The summed E-state index contributed by atoms with van der Waals surface area (Å²) < 4.78 is 20.5. The van der Waals surface area contributed by atoms with Crippen LogP contribution in [0.3, 0.4) is 0 Å². The van der Waals surface area contributed by atoms with Crippen LogP contribution in [0.25, 0.3) is 28.2 Å². The lowest BCUT2D eigenvalue weighted by atomic mass is 10.1. The number of aldehydes is 1. The van der Waals surface area contributed by atoms with Crippen LogP contribution in [-0.2, 0) is 29.5 Å². The van der Waals surface area contributed by atoms with Crippen LogP contribution in [0, 0.1) is 6.92 Å². The number of nitrogens with one attached hydrogen (secondary N) is 1. The van der Waals surface area contributed by atoms with Gasteiger partial charge in [0.15, 0.2) is 17.7 Å². The number of carbonyl (C=O) groups is 1. The van der Waals surface area contributed by atoms with Crippen molar-refractivity contribution in [1.82, 2.24) is 24.1 Å². The Kier molecular flexibility index (Phi) is 6.26. The van der Waals surface area contributed by atoms with Crippen molar-refractivity contribution in [1.29, 1.82) is 0 Å². The molecule has 10 heteroatoms. The normalized spacial score (nSPS) is 11.0. The third-order valence-corrected chi connectivity index (χ3v) is 6.43. The van der Waals surface area contributed by atoms with Gasteiger partial charge in [-0.15, -0.1) is 0 Å². The number of hydrogen-bond donors (Lipinski definition) is 1. The Bertz CT molecular complexity index is 1610. The van der Waals surface area contributed by atoms with E-state index in [1.165, 1.54) is 7.11 Å². The Labute approximate surface area is 211 Å². The minimum Gasteiger partial charge on any atom is -0.491 e. The van der Waals surface area contributed by atoms with Crippen molar-refractivity contribution in [3.8, 4) is 28.3 Å². The Hall–Kier alpha value is -4.44. The summed E-state index contributed by atoms with van der Waals surface area (Å²) in [5, 5.41) is 8.09. The topological polar surface area (TPSA) is 103 Å². The zero-order valence-electron chi connectivity index (χ0n) is 19.9. The van der Waals surface area contributed by atoms with E-state index >= 15 is 0 Å². The van der Waals surface area contributed by atoms with E-state index < -0.39 is 0 Å². The van der Waals surface area contributed by atoms with Crippen LogP contribution in [0.4, 0.5) is 5.82 Å². The third kappa shape index (κ3) is 4.22. The Morgan fingerprint density at radius 1 is 1.14 bits per heavy atom. The first-order valence-corrected chi connectivity index (χ1v) is 11.9. The molecular weight excluding hydrogens is 476 g/mol. The van der Waals surface area contributed by atoms with Crippen LogP contribution in [0.5, 0.6) is 5.75 Å². The van der Waals surface area contributed by atoms with Gasteiger partial charge in [-0.2, -0.15) is 9.61 Å². The van der Waals surface area contributed by atoms with Crippen LogP contribution >= 0.6 is 0 Å². The van der Waals surface area contributed by atoms with Gasteiger partial charge in [0.1, 0.15) is 17.3 Å². The van der Waals surface area contributed by atoms with Crippen molar-refractivity contribution in [3.05, 3.63) is 77.9 Å². The smallest absolute Gasteiger partial charge is 0.491 e. The van der Waals surface area contributed by atoms with Gasteiger partial charge in [-0.25, -0.2) is 9.97 Å². The monoisotopic (exact) mass is 499 g/mol. The lowest BCUT2D eigenvalue weighted by Gasteiger charge is -2.11. The second-order valence-electron chi connectivity index (χ2n) is 8.24. The lowest BCUT2D eigenvalue weighted by Crippen LogP contribution is -2.08. The summed E-state index contributed by atoms with van der Waals surface area (Å²) in [4.78, 5) is 21.2. The fourth-order valence-corrected chi connectivity index (χ4v) is 4.63. The number of anilines is 1. The Morgan fingerprint density at radius 2 is 2.00 bits per heavy atom. The van der Waals surface area contributed by atoms with E-state index in [1.54, 1.807) is 28.9 Å². The highest BCUT2D eigenvalue weighted by atomic mass is 32.1. The van der Waals surface area contributed by atoms with Crippen LogP contribution in [0.1, 0.15) is 21.7 Å². The molecule has 0 aliphatic carbocycles. The van der Waals surface area contributed by atoms with E-state index in [4.69, 9.17) is 9.84 Å². The predicted molar refractivity (Wildman–Crippen MR) is 137 cm³/mol. The fourth-order valence-electron chi connectivity index (χ4n) is 4.22. The van der Waals surface area contributed by atoms with Gasteiger partial charge >= 0.3 is 16.6 Å². The van der Waals surface area contributed by atoms with Crippen molar-refractivity contribution in [2.75, 3.05) is 12.4 Å². The molecule has 0 radical (unpaired) electrons. The Balaban J connectivity index is 1.53. The number of ether oxygens (including phenoxy) is 1. The SMILES string of the molecule is COc1ccc(-c2c(C)nn3c(NCc4cccc(-c5nccn5C)c4)cc(C=O)nc23)cc1[S+]=O. The zero-order chi connectivity index (χ0) is 25.2. The standard InChI is InChI=1S/C26H23N6O3S/c1-16-24(18-7-8-21(35-3)22(12-18)36-34)26-29-20(15-33)13-23(32(26)30-16)28-14-17-5-4-6-19(11-17)25-27-9-10-31(25)2/h4-13,15,28H,14H2,1-3H3/q+1. The maximum Gasteiger partial charge on any atom is 0.509 e. The summed E-state index contributed by atoms with van der Waals surface area (Å²) >= 11 is 0.363. The highest BCUT2D eigenvalue weighted by molar-refractivity contribution is 7.65. The molecule has 3 heterocycles. The number of imidazole rings is 1. The average Bonchev–Trinajstić information content (AvgIpc) is 3.48. The molecule has 0 unspecified atom stereocenters. The highest BCUT2D eigenvalue weighted by Crippen LogP contribution is 2.33. The number of benzene rings is 2. The number of methoxy groups -OCH3 is 1. The van der Waals surface area contributed by atoms with Crippen LogP contribution in [0.15, 0.2) is 65.8 Å². The zero-order valence-corrected chi connectivity index (χ0v) is 20.7. The number of rotatable bonds is 8. The maximum absolute atomic E-state index is 11.7. The third-order valence-electron chi connectivity index (χ3n) is 5.93. The molecule has 0 bridgehead atoms. The van der Waals surface area contributed by atoms with Crippen molar-refractivity contribution in [2.45, 2.75) is 18.4 Å². The molecular formula is C26H23N6O3S+. The molecule has 5 aromatic rings. The maximum atomic E-state index is 11.7. The number of aromatic nitrogens is 5. The molecule has 2 aromatic carbocycles. The van der Waals surface area contributed by atoms with Crippen LogP contribution in [0.2, 0.25) is 0 Å². The second-order valence-corrected chi connectivity index (χ2v) is 8.85. The molecule has 0 amide bonds. The number of nitrogens with zero attached hydrogens (tertiary/aromatic N) is 5. The lowest BCUT2D eigenvalue weighted by molar-refractivity contribution is 0.111. The second kappa shape index (κ2) is 9.67. The first-order valence-electron chi connectivity index (χ1n) is 11.2. The van der Waals surface area contributed by atoms with Gasteiger partial charge in [-0.1, -0.05) is 24.3 Å². The molecule has 0 aliphatic heterocycles. The molecule has 0 fully saturated rings. The highest BCUT2D eigenvalue weighted by Gasteiger charge is 2.22. The van der Waals surface area contributed by atoms with Crippen molar-refractivity contribution in [3.63, 3.8) is 0 Å². The number of aryl methyl sites for hydroxylation is 2. The summed E-state index contributed by atoms with van der Waals surface area (Å²) in [6, 6.07) is 15.1. The molecule has 0 spiro atoms. The van der Waals surface area contributed by atoms with E-state index in [0.717, 1.165) is 33.8 Å². The molecule has 0 saturated heterocycles. The van der Waals surface area contributed by atoms with Gasteiger partial charge in [0.25, 0.3) is 0 Å². The minimum absolute atomic E-state index is 0.278. The molecule has 9 nitrogen and oxygen atoms in total. The van der Waals surface area contributed by atoms with Gasteiger partial charge in [0.2, 0.25) is 0 Å². The average molecular weight is 500 g/mol. The fraction of sp³-hybridized carbons (Fsp3) is 0.154. The summed E-state index contributed by atoms with van der Waals surface area (Å²) in [7, 11) is 3.48. The molecule has 5 rings (SSSR count). The van der Waals surface area contributed by atoms with Crippen molar-refractivity contribution in [2.24, 2.45) is 7.05 Å². The molecule has 180 valence electrons. The van der Waals surface area contributed by atoms with E-state index in [-0.39, 0.29) is 5.69 Å². The Morgan fingerprint density at radius 3 is 2.72 bits per heavy atom. The van der Waals surface area contributed by atoms with E-state index in [9.17, 15) is 9.00 Å². The quantitative estimate of drug-likeness (QED) is 0.250. The molecule has 0 saturated carbocycles. The summed E-state index contributed by atoms with van der Waals surface area (Å²) in [6.45, 7) is 2.38. The minimum atomic E-state index is 0.278. The van der Waals surface area contributed by atoms with Gasteiger partial charge in [-0.3, -0.25) is 4.79 Å². The first-order chi connectivity index (χ1) is 17.5. The van der Waals surface area contributed by atoms with Crippen molar-refractivity contribution < 1.29 is 13.7 Å². The predicted octanol–water partition coefficient (Wildman–Crippen LogP) is 4.33. The summed E-state index contributed by atoms with van der Waals surface area (Å²) in [6.07, 6.45) is 4.40. The van der Waals surface area contributed by atoms with Crippen molar-refractivity contribution >= 4 is 29.4 Å². The van der Waals surface area contributed by atoms with Gasteiger partial charge in [0.05, 0.1) is 12.8 Å². The molecule has 3 aromatic heterocycles.